The Hall–Kier alpha value is -2.36. The number of hydrogen-bond acceptors (Lipinski definition) is 3. The molecule has 1 aromatic carbocycles. The SMILES string of the molecule is COc1cc(C(=O)NCc2cccc(C)n2)ccc1C. The van der Waals surface area contributed by atoms with E-state index in [2.05, 4.69) is 10.3 Å². The molecule has 0 saturated carbocycles. The number of aromatic nitrogens is 1. The van der Waals surface area contributed by atoms with Crippen LogP contribution in [0.2, 0.25) is 0 Å². The van der Waals surface area contributed by atoms with Crippen LogP contribution in [0.3, 0.4) is 0 Å². The molecule has 20 heavy (non-hydrogen) atoms. The number of methoxy groups -OCH3 is 1. The Balaban J connectivity index is 2.05. The smallest absolute Gasteiger partial charge is 0.251 e. The van der Waals surface area contributed by atoms with Gasteiger partial charge in [-0.3, -0.25) is 9.78 Å². The quantitative estimate of drug-likeness (QED) is 0.929. The molecule has 0 atom stereocenters. The first-order valence-corrected chi connectivity index (χ1v) is 6.45. The van der Waals surface area contributed by atoms with Crippen molar-refractivity contribution in [2.24, 2.45) is 0 Å². The van der Waals surface area contributed by atoms with Gasteiger partial charge in [0, 0.05) is 11.3 Å². The molecular formula is C16H18N2O2. The Kier molecular flexibility index (Phi) is 4.35. The van der Waals surface area contributed by atoms with Crippen molar-refractivity contribution in [2.45, 2.75) is 20.4 Å². The van der Waals surface area contributed by atoms with E-state index in [0.29, 0.717) is 17.9 Å². The number of hydrogen-bond donors (Lipinski definition) is 1. The fourth-order valence-electron chi connectivity index (χ4n) is 1.93. The predicted molar refractivity (Wildman–Crippen MR) is 77.9 cm³/mol. The Bertz CT molecular complexity index is 624. The molecule has 1 N–H and O–H groups in total. The second kappa shape index (κ2) is 6.19. The molecule has 1 amide bonds. The lowest BCUT2D eigenvalue weighted by Crippen LogP contribution is -2.23. The van der Waals surface area contributed by atoms with Crippen LogP contribution in [0.5, 0.6) is 5.75 Å². The monoisotopic (exact) mass is 270 g/mol. The van der Waals surface area contributed by atoms with E-state index in [4.69, 9.17) is 4.74 Å². The standard InChI is InChI=1S/C16H18N2O2/c1-11-7-8-13(9-15(11)20-3)16(19)17-10-14-6-4-5-12(2)18-14/h4-9H,10H2,1-3H3,(H,17,19). The summed E-state index contributed by atoms with van der Waals surface area (Å²) in [6.07, 6.45) is 0. The summed E-state index contributed by atoms with van der Waals surface area (Å²) in [6, 6.07) is 11.2. The van der Waals surface area contributed by atoms with E-state index in [9.17, 15) is 4.79 Å². The molecule has 104 valence electrons. The van der Waals surface area contributed by atoms with Gasteiger partial charge >= 0.3 is 0 Å². The number of carbonyl (C=O) groups excluding carboxylic acids is 1. The molecule has 1 heterocycles. The topological polar surface area (TPSA) is 51.2 Å². The molecule has 0 fully saturated rings. The highest BCUT2D eigenvalue weighted by molar-refractivity contribution is 5.94. The zero-order valence-corrected chi connectivity index (χ0v) is 11.9. The number of benzene rings is 1. The van der Waals surface area contributed by atoms with Gasteiger partial charge in [-0.15, -0.1) is 0 Å². The first-order valence-electron chi connectivity index (χ1n) is 6.45. The van der Waals surface area contributed by atoms with Gasteiger partial charge in [-0.25, -0.2) is 0 Å². The average Bonchev–Trinajstić information content (AvgIpc) is 2.45. The first kappa shape index (κ1) is 14.1. The van der Waals surface area contributed by atoms with Crippen molar-refractivity contribution in [1.29, 1.82) is 0 Å². The van der Waals surface area contributed by atoms with Gasteiger partial charge in [-0.1, -0.05) is 12.1 Å². The van der Waals surface area contributed by atoms with Crippen molar-refractivity contribution < 1.29 is 9.53 Å². The molecule has 2 aromatic rings. The van der Waals surface area contributed by atoms with Gasteiger partial charge in [-0.2, -0.15) is 0 Å². The Morgan fingerprint density at radius 1 is 1.25 bits per heavy atom. The fourth-order valence-corrected chi connectivity index (χ4v) is 1.93. The molecule has 0 unspecified atom stereocenters. The molecule has 0 aliphatic carbocycles. The average molecular weight is 270 g/mol. The van der Waals surface area contributed by atoms with Crippen LogP contribution in [0.4, 0.5) is 0 Å². The molecule has 0 aliphatic heterocycles. The summed E-state index contributed by atoms with van der Waals surface area (Å²) < 4.78 is 5.22. The highest BCUT2D eigenvalue weighted by atomic mass is 16.5. The zero-order valence-electron chi connectivity index (χ0n) is 11.9. The maximum atomic E-state index is 12.1. The van der Waals surface area contributed by atoms with Gasteiger partial charge in [0.05, 0.1) is 19.3 Å². The van der Waals surface area contributed by atoms with Gasteiger partial charge in [0.25, 0.3) is 5.91 Å². The van der Waals surface area contributed by atoms with Gasteiger partial charge in [0.1, 0.15) is 5.75 Å². The predicted octanol–water partition coefficient (Wildman–Crippen LogP) is 2.64. The van der Waals surface area contributed by atoms with Crippen molar-refractivity contribution in [3.63, 3.8) is 0 Å². The van der Waals surface area contributed by atoms with Crippen molar-refractivity contribution in [3.8, 4) is 5.75 Å². The number of carbonyl (C=O) groups is 1. The van der Waals surface area contributed by atoms with Crippen LogP contribution >= 0.6 is 0 Å². The van der Waals surface area contributed by atoms with Crippen molar-refractivity contribution >= 4 is 5.91 Å². The van der Waals surface area contributed by atoms with Crippen molar-refractivity contribution in [3.05, 3.63) is 58.9 Å². The van der Waals surface area contributed by atoms with E-state index in [0.717, 1.165) is 17.0 Å². The lowest BCUT2D eigenvalue weighted by molar-refractivity contribution is 0.0950. The lowest BCUT2D eigenvalue weighted by Gasteiger charge is -2.08. The van der Waals surface area contributed by atoms with Gasteiger partial charge < -0.3 is 10.1 Å². The summed E-state index contributed by atoms with van der Waals surface area (Å²) in [5.41, 5.74) is 3.37. The number of ether oxygens (including phenoxy) is 1. The van der Waals surface area contributed by atoms with Crippen molar-refractivity contribution in [1.82, 2.24) is 10.3 Å². The molecule has 0 radical (unpaired) electrons. The summed E-state index contributed by atoms with van der Waals surface area (Å²) >= 11 is 0. The summed E-state index contributed by atoms with van der Waals surface area (Å²) in [5, 5.41) is 2.86. The van der Waals surface area contributed by atoms with Gasteiger partial charge in [-0.05, 0) is 43.7 Å². The summed E-state index contributed by atoms with van der Waals surface area (Å²) in [7, 11) is 1.60. The summed E-state index contributed by atoms with van der Waals surface area (Å²) in [5.74, 6) is 0.581. The van der Waals surface area contributed by atoms with Crippen LogP contribution < -0.4 is 10.1 Å². The van der Waals surface area contributed by atoms with Crippen LogP contribution in [0, 0.1) is 13.8 Å². The Morgan fingerprint density at radius 3 is 2.75 bits per heavy atom. The maximum Gasteiger partial charge on any atom is 0.251 e. The van der Waals surface area contributed by atoms with E-state index >= 15 is 0 Å². The second-order valence-corrected chi connectivity index (χ2v) is 4.64. The number of nitrogens with one attached hydrogen (secondary N) is 1. The third kappa shape index (κ3) is 3.35. The third-order valence-corrected chi connectivity index (χ3v) is 3.05. The molecule has 4 heteroatoms. The molecule has 4 nitrogen and oxygen atoms in total. The Morgan fingerprint density at radius 2 is 2.05 bits per heavy atom. The summed E-state index contributed by atoms with van der Waals surface area (Å²) in [4.78, 5) is 16.4. The maximum absolute atomic E-state index is 12.1. The number of aryl methyl sites for hydroxylation is 2. The number of pyridine rings is 1. The molecule has 1 aromatic heterocycles. The van der Waals surface area contributed by atoms with E-state index in [-0.39, 0.29) is 5.91 Å². The second-order valence-electron chi connectivity index (χ2n) is 4.64. The van der Waals surface area contributed by atoms with Gasteiger partial charge in [0.15, 0.2) is 0 Å². The minimum Gasteiger partial charge on any atom is -0.496 e. The third-order valence-electron chi connectivity index (χ3n) is 3.05. The minimum atomic E-state index is -0.133. The van der Waals surface area contributed by atoms with E-state index in [1.807, 2.05) is 38.1 Å². The van der Waals surface area contributed by atoms with Crippen LogP contribution in [0.25, 0.3) is 0 Å². The zero-order chi connectivity index (χ0) is 14.5. The molecule has 0 saturated heterocycles. The minimum absolute atomic E-state index is 0.133. The van der Waals surface area contributed by atoms with Crippen LogP contribution in [0.1, 0.15) is 27.3 Å². The normalized spacial score (nSPS) is 10.2. The molecular weight excluding hydrogens is 252 g/mol. The van der Waals surface area contributed by atoms with Crippen molar-refractivity contribution in [2.75, 3.05) is 7.11 Å². The van der Waals surface area contributed by atoms with Crippen LogP contribution in [0.15, 0.2) is 36.4 Å². The van der Waals surface area contributed by atoms with Gasteiger partial charge in [0.2, 0.25) is 0 Å². The van der Waals surface area contributed by atoms with Crippen LogP contribution in [-0.2, 0) is 6.54 Å². The Labute approximate surface area is 118 Å². The fraction of sp³-hybridized carbons (Fsp3) is 0.250. The van der Waals surface area contributed by atoms with Crippen LogP contribution in [-0.4, -0.2) is 18.0 Å². The number of nitrogens with zero attached hydrogens (tertiary/aromatic N) is 1. The number of amides is 1. The molecule has 0 bridgehead atoms. The lowest BCUT2D eigenvalue weighted by atomic mass is 10.1. The highest BCUT2D eigenvalue weighted by Crippen LogP contribution is 2.18. The van der Waals surface area contributed by atoms with E-state index in [1.54, 1.807) is 19.2 Å². The number of rotatable bonds is 4. The van der Waals surface area contributed by atoms with E-state index in [1.165, 1.54) is 0 Å². The summed E-state index contributed by atoms with van der Waals surface area (Å²) in [6.45, 7) is 4.28. The highest BCUT2D eigenvalue weighted by Gasteiger charge is 2.08. The molecule has 0 spiro atoms. The molecule has 0 aliphatic rings. The van der Waals surface area contributed by atoms with E-state index < -0.39 is 0 Å². The largest absolute Gasteiger partial charge is 0.496 e. The first-order chi connectivity index (χ1) is 9.60. The molecule has 2 rings (SSSR count).